The predicted molar refractivity (Wildman–Crippen MR) is 100 cm³/mol. The highest BCUT2D eigenvalue weighted by Crippen LogP contribution is 2.27. The Labute approximate surface area is 152 Å². The second-order valence-electron chi connectivity index (χ2n) is 8.03. The molecule has 1 heterocycles. The summed E-state index contributed by atoms with van der Waals surface area (Å²) in [4.78, 5) is 2.43. The summed E-state index contributed by atoms with van der Waals surface area (Å²) in [7, 11) is 0. The van der Waals surface area contributed by atoms with Gasteiger partial charge in [-0.25, -0.2) is 0 Å². The van der Waals surface area contributed by atoms with Gasteiger partial charge < -0.3 is 14.6 Å². The molecule has 1 aliphatic heterocycles. The maximum Gasteiger partial charge on any atom is 0.134 e. The van der Waals surface area contributed by atoms with Crippen LogP contribution in [0.4, 0.5) is 0 Å². The van der Waals surface area contributed by atoms with Crippen LogP contribution < -0.4 is 4.74 Å². The van der Waals surface area contributed by atoms with Crippen molar-refractivity contribution in [3.63, 3.8) is 0 Å². The van der Waals surface area contributed by atoms with E-state index in [4.69, 9.17) is 9.47 Å². The van der Waals surface area contributed by atoms with E-state index in [1.54, 1.807) is 0 Å². The minimum atomic E-state index is -0.946. The lowest BCUT2D eigenvalue weighted by molar-refractivity contribution is -0.0682. The summed E-state index contributed by atoms with van der Waals surface area (Å²) in [6.45, 7) is 9.13. The van der Waals surface area contributed by atoms with Gasteiger partial charge in [-0.05, 0) is 56.4 Å². The van der Waals surface area contributed by atoms with Crippen LogP contribution in [0.3, 0.4) is 0 Å². The van der Waals surface area contributed by atoms with E-state index >= 15 is 0 Å². The first kappa shape index (κ1) is 18.7. The van der Waals surface area contributed by atoms with Crippen molar-refractivity contribution in [3.05, 3.63) is 28.8 Å². The zero-order valence-electron chi connectivity index (χ0n) is 16.0. The lowest BCUT2D eigenvalue weighted by Gasteiger charge is -2.37. The minimum absolute atomic E-state index is 0.278. The minimum Gasteiger partial charge on any atom is -0.490 e. The SMILES string of the molecule is Cc1cc(C)c(C)c(OC[C@@]2(O)COCCN(C3CCCCC3)C2)c1. The molecule has 1 aliphatic carbocycles. The van der Waals surface area contributed by atoms with Crippen LogP contribution in [-0.2, 0) is 4.74 Å². The van der Waals surface area contributed by atoms with Gasteiger partial charge in [-0.15, -0.1) is 0 Å². The van der Waals surface area contributed by atoms with Gasteiger partial charge in [0.15, 0.2) is 0 Å². The fourth-order valence-corrected chi connectivity index (χ4v) is 4.15. The number of ether oxygens (including phenoxy) is 2. The number of aliphatic hydroxyl groups is 1. The number of nitrogens with zero attached hydrogens (tertiary/aromatic N) is 1. The Hall–Kier alpha value is -1.10. The Morgan fingerprint density at radius 1 is 1.20 bits per heavy atom. The van der Waals surface area contributed by atoms with Crippen LogP contribution in [0, 0.1) is 20.8 Å². The largest absolute Gasteiger partial charge is 0.490 e. The molecule has 4 nitrogen and oxygen atoms in total. The summed E-state index contributed by atoms with van der Waals surface area (Å²) in [5.41, 5.74) is 2.61. The molecule has 140 valence electrons. The third-order valence-corrected chi connectivity index (χ3v) is 5.74. The van der Waals surface area contributed by atoms with E-state index in [-0.39, 0.29) is 6.61 Å². The first-order chi connectivity index (χ1) is 12.0. The number of hydrogen-bond acceptors (Lipinski definition) is 4. The molecule has 3 rings (SSSR count). The molecule has 0 aromatic heterocycles. The second kappa shape index (κ2) is 8.07. The van der Waals surface area contributed by atoms with Crippen molar-refractivity contribution in [1.29, 1.82) is 0 Å². The number of β-amino-alcohol motifs (C(OH)–C–C–N with tert-alkyl or cyclic N) is 1. The normalized spacial score (nSPS) is 26.4. The first-order valence-corrected chi connectivity index (χ1v) is 9.72. The van der Waals surface area contributed by atoms with Crippen molar-refractivity contribution in [2.45, 2.75) is 64.5 Å². The highest BCUT2D eigenvalue weighted by molar-refractivity contribution is 5.42. The molecule has 1 aromatic carbocycles. The van der Waals surface area contributed by atoms with Crippen molar-refractivity contribution in [3.8, 4) is 5.75 Å². The van der Waals surface area contributed by atoms with E-state index in [0.717, 1.165) is 17.9 Å². The molecule has 1 atom stereocenters. The molecule has 0 amide bonds. The molecule has 2 aliphatic rings. The standard InChI is InChI=1S/C21H33NO3/c1-16-11-17(2)18(3)20(12-16)25-15-21(23)13-22(9-10-24-14-21)19-7-5-4-6-8-19/h11-12,19,23H,4-10,13-15H2,1-3H3/t21-/m0/s1. The van der Waals surface area contributed by atoms with Crippen LogP contribution in [0.25, 0.3) is 0 Å². The Morgan fingerprint density at radius 3 is 2.72 bits per heavy atom. The zero-order chi connectivity index (χ0) is 17.9. The topological polar surface area (TPSA) is 41.9 Å². The van der Waals surface area contributed by atoms with Crippen molar-refractivity contribution < 1.29 is 14.6 Å². The average molecular weight is 347 g/mol. The molecule has 4 heteroatoms. The summed E-state index contributed by atoms with van der Waals surface area (Å²) in [6, 6.07) is 4.81. The van der Waals surface area contributed by atoms with Gasteiger partial charge in [-0.2, -0.15) is 0 Å². The third-order valence-electron chi connectivity index (χ3n) is 5.74. The van der Waals surface area contributed by atoms with Gasteiger partial charge >= 0.3 is 0 Å². The molecule has 1 N–H and O–H groups in total. The fourth-order valence-electron chi connectivity index (χ4n) is 4.15. The smallest absolute Gasteiger partial charge is 0.134 e. The Kier molecular flexibility index (Phi) is 6.03. The molecule has 2 fully saturated rings. The van der Waals surface area contributed by atoms with E-state index in [9.17, 15) is 5.11 Å². The summed E-state index contributed by atoms with van der Waals surface area (Å²) >= 11 is 0. The molecule has 1 aromatic rings. The number of benzene rings is 1. The van der Waals surface area contributed by atoms with E-state index in [1.165, 1.54) is 43.2 Å². The lowest BCUT2D eigenvalue weighted by Crippen LogP contribution is -2.51. The summed E-state index contributed by atoms with van der Waals surface area (Å²) in [5, 5.41) is 11.2. The summed E-state index contributed by atoms with van der Waals surface area (Å²) in [6.07, 6.45) is 6.44. The van der Waals surface area contributed by atoms with Gasteiger partial charge in [-0.1, -0.05) is 25.3 Å². The van der Waals surface area contributed by atoms with E-state index in [1.807, 2.05) is 0 Å². The van der Waals surface area contributed by atoms with Crippen molar-refractivity contribution in [2.75, 3.05) is 32.9 Å². The summed E-state index contributed by atoms with van der Waals surface area (Å²) < 4.78 is 11.8. The van der Waals surface area contributed by atoms with Crippen molar-refractivity contribution >= 4 is 0 Å². The second-order valence-corrected chi connectivity index (χ2v) is 8.03. The Balaban J connectivity index is 1.67. The van der Waals surface area contributed by atoms with Crippen molar-refractivity contribution in [1.82, 2.24) is 4.90 Å². The van der Waals surface area contributed by atoms with Gasteiger partial charge in [0.2, 0.25) is 0 Å². The van der Waals surface area contributed by atoms with Crippen LogP contribution in [-0.4, -0.2) is 54.6 Å². The van der Waals surface area contributed by atoms with E-state index < -0.39 is 5.60 Å². The molecule has 1 saturated carbocycles. The number of rotatable bonds is 4. The van der Waals surface area contributed by atoms with Crippen LogP contribution in [0.15, 0.2) is 12.1 Å². The lowest BCUT2D eigenvalue weighted by atomic mass is 9.93. The first-order valence-electron chi connectivity index (χ1n) is 9.72. The number of hydrogen-bond donors (Lipinski definition) is 1. The highest BCUT2D eigenvalue weighted by atomic mass is 16.5. The van der Waals surface area contributed by atoms with Gasteiger partial charge in [0.25, 0.3) is 0 Å². The molecule has 1 saturated heterocycles. The van der Waals surface area contributed by atoms with Gasteiger partial charge in [0, 0.05) is 19.1 Å². The Bertz CT molecular complexity index is 583. The quantitative estimate of drug-likeness (QED) is 0.906. The van der Waals surface area contributed by atoms with Crippen LogP contribution in [0.1, 0.15) is 48.8 Å². The number of aryl methyl sites for hydroxylation is 2. The monoisotopic (exact) mass is 347 g/mol. The summed E-state index contributed by atoms with van der Waals surface area (Å²) in [5.74, 6) is 0.874. The van der Waals surface area contributed by atoms with Crippen LogP contribution in [0.5, 0.6) is 5.75 Å². The van der Waals surface area contributed by atoms with E-state index in [2.05, 4.69) is 37.8 Å². The van der Waals surface area contributed by atoms with Crippen molar-refractivity contribution in [2.24, 2.45) is 0 Å². The van der Waals surface area contributed by atoms with Gasteiger partial charge in [0.05, 0.1) is 13.2 Å². The van der Waals surface area contributed by atoms with E-state index in [0.29, 0.717) is 25.8 Å². The molecule has 0 bridgehead atoms. The highest BCUT2D eigenvalue weighted by Gasteiger charge is 2.36. The van der Waals surface area contributed by atoms with Crippen LogP contribution >= 0.6 is 0 Å². The molecular weight excluding hydrogens is 314 g/mol. The van der Waals surface area contributed by atoms with Gasteiger partial charge in [-0.3, -0.25) is 4.90 Å². The zero-order valence-corrected chi connectivity index (χ0v) is 16.0. The predicted octanol–water partition coefficient (Wildman–Crippen LogP) is 3.39. The third kappa shape index (κ3) is 4.75. The Morgan fingerprint density at radius 2 is 1.96 bits per heavy atom. The maximum atomic E-state index is 11.2. The molecule has 0 radical (unpaired) electrons. The maximum absolute atomic E-state index is 11.2. The van der Waals surface area contributed by atoms with Crippen LogP contribution in [0.2, 0.25) is 0 Å². The molecular formula is C21H33NO3. The molecule has 0 spiro atoms. The van der Waals surface area contributed by atoms with Gasteiger partial charge in [0.1, 0.15) is 18.0 Å². The fraction of sp³-hybridized carbons (Fsp3) is 0.714. The molecule has 0 unspecified atom stereocenters. The average Bonchev–Trinajstić information content (AvgIpc) is 2.80. The molecule has 25 heavy (non-hydrogen) atoms.